The van der Waals surface area contributed by atoms with Gasteiger partial charge in [0.2, 0.25) is 0 Å². The van der Waals surface area contributed by atoms with E-state index >= 15 is 0 Å². The molecule has 4 aliphatic carbocycles. The molecule has 5 heteroatoms. The number of hydrogen-bond donors (Lipinski definition) is 3. The van der Waals surface area contributed by atoms with E-state index in [1.165, 1.54) is 70.6 Å². The summed E-state index contributed by atoms with van der Waals surface area (Å²) in [5.74, 6) is 0.937. The van der Waals surface area contributed by atoms with Gasteiger partial charge in [0, 0.05) is 18.8 Å². The third kappa shape index (κ3) is 8.38. The number of ketones is 1. The molecule has 0 aromatic heterocycles. The Kier molecular flexibility index (Phi) is 13.5. The molecule has 0 aliphatic heterocycles. The van der Waals surface area contributed by atoms with E-state index in [4.69, 9.17) is 0 Å². The van der Waals surface area contributed by atoms with Crippen LogP contribution in [0, 0.1) is 46.3 Å². The van der Waals surface area contributed by atoms with E-state index in [0.717, 1.165) is 51.4 Å². The van der Waals surface area contributed by atoms with Crippen molar-refractivity contribution in [1.29, 1.82) is 0 Å². The first-order valence-corrected chi connectivity index (χ1v) is 19.6. The van der Waals surface area contributed by atoms with Gasteiger partial charge in [-0.15, -0.1) is 0 Å². The highest BCUT2D eigenvalue weighted by Gasteiger charge is 2.68. The fourth-order valence-electron chi connectivity index (χ4n) is 11.6. The first kappa shape index (κ1) is 36.9. The zero-order valence-electron chi connectivity index (χ0n) is 29.7. The first-order chi connectivity index (χ1) is 21.5. The van der Waals surface area contributed by atoms with E-state index in [-0.39, 0.29) is 41.0 Å². The number of unbranched alkanes of at least 4 members (excludes halogenated alkanes) is 12. The maximum atomic E-state index is 14.2. The molecule has 0 amide bonds. The average molecular weight is 631 g/mol. The van der Waals surface area contributed by atoms with Gasteiger partial charge in [-0.1, -0.05) is 105 Å². The summed E-state index contributed by atoms with van der Waals surface area (Å²) in [5, 5.41) is 32.7. The van der Waals surface area contributed by atoms with Crippen LogP contribution >= 0.6 is 0 Å². The Hall–Kier alpha value is -0.940. The van der Waals surface area contributed by atoms with Crippen molar-refractivity contribution in [3.63, 3.8) is 0 Å². The van der Waals surface area contributed by atoms with Crippen molar-refractivity contribution in [3.8, 4) is 0 Å². The number of carboxylic acids is 1. The Morgan fingerprint density at radius 2 is 1.31 bits per heavy atom. The predicted molar refractivity (Wildman–Crippen MR) is 183 cm³/mol. The number of Topliss-reactive ketones (excluding diaryl/α,β-unsaturated/α-hetero) is 1. The molecule has 260 valence electrons. The summed E-state index contributed by atoms with van der Waals surface area (Å²) in [6.07, 6.45) is 25.0. The number of aliphatic carboxylic acids is 1. The summed E-state index contributed by atoms with van der Waals surface area (Å²) >= 11 is 0. The van der Waals surface area contributed by atoms with Crippen LogP contribution in [-0.4, -0.2) is 38.8 Å². The Bertz CT molecular complexity index is 949. The first-order valence-electron chi connectivity index (χ1n) is 19.6. The monoisotopic (exact) mass is 631 g/mol. The minimum absolute atomic E-state index is 0.0149. The van der Waals surface area contributed by atoms with E-state index < -0.39 is 11.6 Å². The Balaban J connectivity index is 1.36. The molecular weight excluding hydrogens is 560 g/mol. The zero-order valence-corrected chi connectivity index (χ0v) is 29.7. The standard InChI is InChI=1S/C40H70O5/c1-5-6-7-8-9-10-11-12-13-14-15-16-17-18-35(42)40(45)28-30-27-31(41)23-25-38(30,3)34-24-26-39(4)32(20-21-33(39)37(34)40)29(2)19-22-36(43)44/h29-34,37,41,45H,5-28H2,1-4H3,(H,43,44)/t29-,30?,31-,32-,33+,34+,37+,38+,39-,40+/m1/s1. The van der Waals surface area contributed by atoms with E-state index in [2.05, 4.69) is 27.7 Å². The van der Waals surface area contributed by atoms with E-state index in [9.17, 15) is 24.9 Å². The molecule has 4 fully saturated rings. The lowest BCUT2D eigenvalue weighted by Gasteiger charge is -2.65. The number of hydrogen-bond acceptors (Lipinski definition) is 4. The van der Waals surface area contributed by atoms with Gasteiger partial charge in [-0.05, 0) is 105 Å². The second kappa shape index (κ2) is 16.4. The van der Waals surface area contributed by atoms with Gasteiger partial charge in [0.05, 0.1) is 6.10 Å². The third-order valence-electron chi connectivity index (χ3n) is 14.3. The van der Waals surface area contributed by atoms with Gasteiger partial charge in [-0.2, -0.15) is 0 Å². The normalized spacial score (nSPS) is 38.3. The van der Waals surface area contributed by atoms with Gasteiger partial charge >= 0.3 is 5.97 Å². The van der Waals surface area contributed by atoms with Crippen molar-refractivity contribution in [2.24, 2.45) is 46.3 Å². The maximum Gasteiger partial charge on any atom is 0.303 e. The maximum absolute atomic E-state index is 14.2. The van der Waals surface area contributed by atoms with Crippen molar-refractivity contribution in [2.45, 2.75) is 193 Å². The molecule has 0 radical (unpaired) electrons. The molecule has 4 saturated carbocycles. The average Bonchev–Trinajstić information content (AvgIpc) is 3.36. The molecule has 0 spiro atoms. The fourth-order valence-corrected chi connectivity index (χ4v) is 11.6. The summed E-state index contributed by atoms with van der Waals surface area (Å²) < 4.78 is 0. The highest BCUT2D eigenvalue weighted by atomic mass is 16.4. The zero-order chi connectivity index (χ0) is 32.7. The summed E-state index contributed by atoms with van der Waals surface area (Å²) in [7, 11) is 0. The number of fused-ring (bicyclic) bond motifs is 5. The van der Waals surface area contributed by atoms with Crippen LogP contribution in [0.2, 0.25) is 0 Å². The van der Waals surface area contributed by atoms with E-state index in [1.807, 2.05) is 0 Å². The summed E-state index contributed by atoms with van der Waals surface area (Å²) in [6, 6.07) is 0. The Morgan fingerprint density at radius 1 is 0.756 bits per heavy atom. The summed E-state index contributed by atoms with van der Waals surface area (Å²) in [6.45, 7) is 9.34. The number of rotatable bonds is 19. The molecule has 0 saturated heterocycles. The van der Waals surface area contributed by atoms with Crippen LogP contribution in [-0.2, 0) is 9.59 Å². The Morgan fingerprint density at radius 3 is 1.91 bits per heavy atom. The number of carbonyl (C=O) groups is 2. The molecule has 0 aromatic carbocycles. The quantitative estimate of drug-likeness (QED) is 0.124. The van der Waals surface area contributed by atoms with Gasteiger partial charge in [0.25, 0.3) is 0 Å². The highest BCUT2D eigenvalue weighted by molar-refractivity contribution is 5.87. The number of aliphatic hydroxyl groups excluding tert-OH is 1. The van der Waals surface area contributed by atoms with Crippen LogP contribution in [0.1, 0.15) is 182 Å². The van der Waals surface area contributed by atoms with Crippen LogP contribution in [0.15, 0.2) is 0 Å². The Labute approximate surface area is 276 Å². The minimum Gasteiger partial charge on any atom is -0.481 e. The van der Waals surface area contributed by atoms with Gasteiger partial charge < -0.3 is 15.3 Å². The van der Waals surface area contributed by atoms with E-state index in [0.29, 0.717) is 49.4 Å². The van der Waals surface area contributed by atoms with Crippen molar-refractivity contribution >= 4 is 11.8 Å². The van der Waals surface area contributed by atoms with Crippen LogP contribution in [0.3, 0.4) is 0 Å². The summed E-state index contributed by atoms with van der Waals surface area (Å²) in [4.78, 5) is 25.6. The van der Waals surface area contributed by atoms with Crippen LogP contribution in [0.25, 0.3) is 0 Å². The summed E-state index contributed by atoms with van der Waals surface area (Å²) in [5.41, 5.74) is -1.19. The molecule has 1 unspecified atom stereocenters. The van der Waals surface area contributed by atoms with Gasteiger partial charge in [0.1, 0.15) is 5.60 Å². The molecule has 10 atom stereocenters. The molecule has 5 nitrogen and oxygen atoms in total. The lowest BCUT2D eigenvalue weighted by molar-refractivity contribution is -0.217. The second-order valence-corrected chi connectivity index (χ2v) is 17.1. The van der Waals surface area contributed by atoms with E-state index in [1.54, 1.807) is 0 Å². The molecule has 4 aliphatic rings. The molecule has 0 bridgehead atoms. The lowest BCUT2D eigenvalue weighted by atomic mass is 9.40. The van der Waals surface area contributed by atoms with Crippen molar-refractivity contribution in [3.05, 3.63) is 0 Å². The molecule has 45 heavy (non-hydrogen) atoms. The molecule has 3 N–H and O–H groups in total. The third-order valence-corrected chi connectivity index (χ3v) is 14.3. The molecular formula is C40H70O5. The molecule has 0 aromatic rings. The van der Waals surface area contributed by atoms with Gasteiger partial charge in [0.15, 0.2) is 5.78 Å². The van der Waals surface area contributed by atoms with Gasteiger partial charge in [-0.3, -0.25) is 9.59 Å². The van der Waals surface area contributed by atoms with Crippen molar-refractivity contribution < 1.29 is 24.9 Å². The topological polar surface area (TPSA) is 94.8 Å². The number of carboxylic acid groups (broad SMARTS) is 1. The van der Waals surface area contributed by atoms with Gasteiger partial charge in [-0.25, -0.2) is 0 Å². The van der Waals surface area contributed by atoms with Crippen LogP contribution < -0.4 is 0 Å². The van der Waals surface area contributed by atoms with Crippen molar-refractivity contribution in [2.75, 3.05) is 0 Å². The predicted octanol–water partition coefficient (Wildman–Crippen LogP) is 9.90. The number of carbonyl (C=O) groups excluding carboxylic acids is 1. The fraction of sp³-hybridized carbons (Fsp3) is 0.950. The lowest BCUT2D eigenvalue weighted by Crippen LogP contribution is -2.66. The minimum atomic E-state index is -1.30. The molecule has 4 rings (SSSR count). The molecule has 0 heterocycles. The van der Waals surface area contributed by atoms with Crippen LogP contribution in [0.4, 0.5) is 0 Å². The second-order valence-electron chi connectivity index (χ2n) is 17.1. The highest BCUT2D eigenvalue weighted by Crippen LogP contribution is 2.70. The largest absolute Gasteiger partial charge is 0.481 e. The number of aliphatic hydroxyl groups is 2. The SMILES string of the molecule is CCCCCCCCCCCCCCCC(=O)[C@@]1(O)CC2C[C@H](O)CC[C@]2(C)[C@H]2CC[C@]3(C)[C@@H]([C@H](C)CCC(=O)O)CC[C@H]3[C@@H]21. The van der Waals surface area contributed by atoms with Crippen LogP contribution in [0.5, 0.6) is 0 Å². The van der Waals surface area contributed by atoms with Crippen molar-refractivity contribution in [1.82, 2.24) is 0 Å². The smallest absolute Gasteiger partial charge is 0.303 e.